The molecule has 176 valence electrons. The second-order valence-corrected chi connectivity index (χ2v) is 9.46. The number of likely N-dealkylation sites (N-methyl/N-ethyl adjacent to an activating group) is 1. The molecule has 0 radical (unpaired) electrons. The first-order valence-corrected chi connectivity index (χ1v) is 12.4. The van der Waals surface area contributed by atoms with Gasteiger partial charge in [-0.3, -0.25) is 14.3 Å². The van der Waals surface area contributed by atoms with E-state index in [0.717, 1.165) is 81.4 Å². The molecule has 4 heterocycles. The van der Waals surface area contributed by atoms with Gasteiger partial charge in [0.25, 0.3) is 0 Å². The molecule has 7 heteroatoms. The third kappa shape index (κ3) is 4.37. The third-order valence-electron chi connectivity index (χ3n) is 7.25. The SMILES string of the molecule is CCCN(Cc1nc2cccc(N3CCN(C)CC3)n2c1CO)[C@H]1CCCc2cccnc21. The van der Waals surface area contributed by atoms with E-state index in [1.807, 2.05) is 6.20 Å². The van der Waals surface area contributed by atoms with Crippen molar-refractivity contribution in [2.45, 2.75) is 51.8 Å². The lowest BCUT2D eigenvalue weighted by Crippen LogP contribution is -2.45. The molecule has 1 N–H and O–H groups in total. The predicted octanol–water partition coefficient (Wildman–Crippen LogP) is 3.26. The van der Waals surface area contributed by atoms with E-state index in [0.29, 0.717) is 6.04 Å². The Morgan fingerprint density at radius 1 is 1.12 bits per heavy atom. The molecule has 5 rings (SSSR count). The number of piperazine rings is 1. The van der Waals surface area contributed by atoms with Gasteiger partial charge in [0.05, 0.1) is 29.7 Å². The molecule has 0 unspecified atom stereocenters. The van der Waals surface area contributed by atoms with Crippen LogP contribution in [0, 0.1) is 0 Å². The Hall–Kier alpha value is -2.48. The first-order chi connectivity index (χ1) is 16.2. The van der Waals surface area contributed by atoms with Crippen LogP contribution in [0.5, 0.6) is 0 Å². The zero-order chi connectivity index (χ0) is 22.8. The number of aromatic nitrogens is 3. The van der Waals surface area contributed by atoms with E-state index in [9.17, 15) is 5.11 Å². The summed E-state index contributed by atoms with van der Waals surface area (Å²) in [6.07, 6.45) is 6.43. The number of aryl methyl sites for hydroxylation is 1. The summed E-state index contributed by atoms with van der Waals surface area (Å²) in [5.41, 5.74) is 5.42. The molecule has 1 aliphatic heterocycles. The first-order valence-electron chi connectivity index (χ1n) is 12.4. The second-order valence-electron chi connectivity index (χ2n) is 9.46. The van der Waals surface area contributed by atoms with Crippen LogP contribution in [0.15, 0.2) is 36.5 Å². The molecular weight excluding hydrogens is 412 g/mol. The molecule has 1 aliphatic carbocycles. The largest absolute Gasteiger partial charge is 0.390 e. The number of pyridine rings is 2. The van der Waals surface area contributed by atoms with Gasteiger partial charge in [0.1, 0.15) is 11.5 Å². The van der Waals surface area contributed by atoms with E-state index in [4.69, 9.17) is 9.97 Å². The van der Waals surface area contributed by atoms with Crippen molar-refractivity contribution in [2.75, 3.05) is 44.7 Å². The van der Waals surface area contributed by atoms with Crippen LogP contribution in [0.4, 0.5) is 5.82 Å². The van der Waals surface area contributed by atoms with E-state index in [1.165, 1.54) is 17.7 Å². The van der Waals surface area contributed by atoms with E-state index in [2.05, 4.69) is 63.4 Å². The van der Waals surface area contributed by atoms with Crippen LogP contribution in [0.1, 0.15) is 54.9 Å². The Balaban J connectivity index is 1.50. The van der Waals surface area contributed by atoms with Gasteiger partial charge in [0, 0.05) is 38.9 Å². The fourth-order valence-corrected chi connectivity index (χ4v) is 5.52. The average molecular weight is 449 g/mol. The molecular formula is C26H36N6O. The maximum Gasteiger partial charge on any atom is 0.138 e. The summed E-state index contributed by atoms with van der Waals surface area (Å²) in [6.45, 7) is 8.01. The Kier molecular flexibility index (Phi) is 6.62. The maximum atomic E-state index is 10.5. The number of nitrogens with zero attached hydrogens (tertiary/aromatic N) is 6. The van der Waals surface area contributed by atoms with E-state index >= 15 is 0 Å². The highest BCUT2D eigenvalue weighted by Crippen LogP contribution is 2.34. The summed E-state index contributed by atoms with van der Waals surface area (Å²) in [5.74, 6) is 1.13. The molecule has 0 aromatic carbocycles. The van der Waals surface area contributed by atoms with Gasteiger partial charge >= 0.3 is 0 Å². The molecule has 3 aromatic rings. The van der Waals surface area contributed by atoms with Crippen LogP contribution < -0.4 is 4.90 Å². The molecule has 7 nitrogen and oxygen atoms in total. The van der Waals surface area contributed by atoms with Crippen LogP contribution >= 0.6 is 0 Å². The lowest BCUT2D eigenvalue weighted by molar-refractivity contribution is 0.162. The van der Waals surface area contributed by atoms with Crippen molar-refractivity contribution >= 4 is 11.5 Å². The van der Waals surface area contributed by atoms with Gasteiger partial charge in [-0.15, -0.1) is 0 Å². The highest BCUT2D eigenvalue weighted by Gasteiger charge is 2.29. The number of aliphatic hydroxyl groups is 1. The van der Waals surface area contributed by atoms with Gasteiger partial charge < -0.3 is 14.9 Å². The highest BCUT2D eigenvalue weighted by atomic mass is 16.3. The number of rotatable bonds is 7. The van der Waals surface area contributed by atoms with Gasteiger partial charge in [-0.2, -0.15) is 0 Å². The van der Waals surface area contributed by atoms with Crippen molar-refractivity contribution in [3.05, 3.63) is 59.2 Å². The number of hydrogen-bond acceptors (Lipinski definition) is 6. The van der Waals surface area contributed by atoms with Crippen molar-refractivity contribution in [2.24, 2.45) is 0 Å². The van der Waals surface area contributed by atoms with E-state index in [1.54, 1.807) is 0 Å². The summed E-state index contributed by atoms with van der Waals surface area (Å²) in [7, 11) is 2.17. The molecule has 2 aliphatic rings. The minimum absolute atomic E-state index is 0.0132. The Bertz CT molecular complexity index is 1090. The minimum atomic E-state index is -0.0132. The van der Waals surface area contributed by atoms with Crippen molar-refractivity contribution in [1.82, 2.24) is 24.2 Å². The van der Waals surface area contributed by atoms with Gasteiger partial charge in [-0.25, -0.2) is 4.98 Å². The maximum absolute atomic E-state index is 10.5. The smallest absolute Gasteiger partial charge is 0.138 e. The number of aliphatic hydroxyl groups excluding tert-OH is 1. The zero-order valence-electron chi connectivity index (χ0n) is 20.0. The van der Waals surface area contributed by atoms with Crippen molar-refractivity contribution in [3.8, 4) is 0 Å². The molecule has 1 atom stereocenters. The Morgan fingerprint density at radius 3 is 2.76 bits per heavy atom. The number of fused-ring (bicyclic) bond motifs is 2. The zero-order valence-corrected chi connectivity index (χ0v) is 20.0. The third-order valence-corrected chi connectivity index (χ3v) is 7.25. The topological polar surface area (TPSA) is 60.1 Å². The molecule has 1 saturated heterocycles. The average Bonchev–Trinajstić information content (AvgIpc) is 3.21. The number of anilines is 1. The molecule has 33 heavy (non-hydrogen) atoms. The summed E-state index contributed by atoms with van der Waals surface area (Å²) in [5, 5.41) is 10.5. The molecule has 1 fully saturated rings. The summed E-state index contributed by atoms with van der Waals surface area (Å²) in [6, 6.07) is 10.9. The fraction of sp³-hybridized carbons (Fsp3) is 0.538. The van der Waals surface area contributed by atoms with Crippen LogP contribution in [0.3, 0.4) is 0 Å². The lowest BCUT2D eigenvalue weighted by Gasteiger charge is -2.35. The van der Waals surface area contributed by atoms with Crippen molar-refractivity contribution in [3.63, 3.8) is 0 Å². The highest BCUT2D eigenvalue weighted by molar-refractivity contribution is 5.55. The molecule has 0 spiro atoms. The van der Waals surface area contributed by atoms with Crippen LogP contribution in [0.2, 0.25) is 0 Å². The normalized spacial score (nSPS) is 19.4. The lowest BCUT2D eigenvalue weighted by atomic mass is 9.90. The second kappa shape index (κ2) is 9.79. The summed E-state index contributed by atoms with van der Waals surface area (Å²) < 4.78 is 2.18. The van der Waals surface area contributed by atoms with Crippen LogP contribution in [-0.4, -0.2) is 69.0 Å². The van der Waals surface area contributed by atoms with Gasteiger partial charge in [0.15, 0.2) is 0 Å². The minimum Gasteiger partial charge on any atom is -0.390 e. The number of imidazole rings is 1. The predicted molar refractivity (Wildman–Crippen MR) is 131 cm³/mol. The van der Waals surface area contributed by atoms with Crippen molar-refractivity contribution < 1.29 is 5.11 Å². The Labute approximate surface area is 196 Å². The van der Waals surface area contributed by atoms with E-state index < -0.39 is 0 Å². The molecule has 0 amide bonds. The van der Waals surface area contributed by atoms with E-state index in [-0.39, 0.29) is 6.61 Å². The molecule has 0 bridgehead atoms. The summed E-state index contributed by atoms with van der Waals surface area (Å²) in [4.78, 5) is 17.1. The van der Waals surface area contributed by atoms with Gasteiger partial charge in [-0.05, 0) is 63.0 Å². The van der Waals surface area contributed by atoms with Crippen LogP contribution in [0.25, 0.3) is 5.65 Å². The monoisotopic (exact) mass is 448 g/mol. The van der Waals surface area contributed by atoms with Crippen molar-refractivity contribution in [1.29, 1.82) is 0 Å². The fourth-order valence-electron chi connectivity index (χ4n) is 5.52. The van der Waals surface area contributed by atoms with Gasteiger partial charge in [0.2, 0.25) is 0 Å². The number of hydrogen-bond donors (Lipinski definition) is 1. The van der Waals surface area contributed by atoms with Crippen LogP contribution in [-0.2, 0) is 19.6 Å². The standard InChI is InChI=1S/C26H36N6O/c1-3-13-31(22-9-4-7-20-8-6-12-27-26(20)22)18-21-23(19-33)32-24(28-21)10-5-11-25(32)30-16-14-29(2)15-17-30/h5-6,8,10-12,22,33H,3-4,7,9,13-19H2,1-2H3/t22-/m0/s1. The Morgan fingerprint density at radius 2 is 1.97 bits per heavy atom. The molecule has 3 aromatic heterocycles. The molecule has 0 saturated carbocycles. The van der Waals surface area contributed by atoms with Gasteiger partial charge in [-0.1, -0.05) is 19.1 Å². The quantitative estimate of drug-likeness (QED) is 0.599. The summed E-state index contributed by atoms with van der Waals surface area (Å²) >= 11 is 0. The first kappa shape index (κ1) is 22.3.